The first-order chi connectivity index (χ1) is 8.59. The lowest BCUT2D eigenvalue weighted by molar-refractivity contribution is 0.102. The number of nitrogens with zero attached hydrogens (tertiary/aromatic N) is 1. The van der Waals surface area contributed by atoms with E-state index in [1.165, 1.54) is 12.4 Å². The predicted octanol–water partition coefficient (Wildman–Crippen LogP) is 3.22. The third-order valence-electron chi connectivity index (χ3n) is 2.30. The number of benzene rings is 1. The van der Waals surface area contributed by atoms with Crippen molar-refractivity contribution >= 4 is 40.5 Å². The highest BCUT2D eigenvalue weighted by Gasteiger charge is 2.13. The number of carbonyl (C=O) groups excluding carboxylic acids is 1. The van der Waals surface area contributed by atoms with Gasteiger partial charge in [-0.05, 0) is 18.2 Å². The molecule has 92 valence electrons. The Bertz CT molecular complexity index is 602. The van der Waals surface area contributed by atoms with Crippen molar-refractivity contribution in [2.45, 2.75) is 0 Å². The molecule has 1 heterocycles. The molecule has 6 heteroatoms. The number of pyridine rings is 1. The zero-order valence-electron chi connectivity index (χ0n) is 9.15. The third kappa shape index (κ3) is 2.55. The molecule has 0 saturated carbocycles. The molecule has 0 saturated heterocycles. The summed E-state index contributed by atoms with van der Waals surface area (Å²) in [7, 11) is 0. The quantitative estimate of drug-likeness (QED) is 0.888. The second-order valence-electron chi connectivity index (χ2n) is 3.52. The van der Waals surface area contributed by atoms with E-state index in [0.29, 0.717) is 22.0 Å². The average Bonchev–Trinajstić information content (AvgIpc) is 2.35. The smallest absolute Gasteiger partial charge is 0.257 e. The number of rotatable bonds is 2. The van der Waals surface area contributed by atoms with Crippen molar-refractivity contribution in [3.8, 4) is 0 Å². The van der Waals surface area contributed by atoms with Crippen molar-refractivity contribution in [1.29, 1.82) is 0 Å². The summed E-state index contributed by atoms with van der Waals surface area (Å²) in [6.07, 6.45) is 2.99. The number of hydrogen-bond donors (Lipinski definition) is 2. The van der Waals surface area contributed by atoms with Gasteiger partial charge in [0.15, 0.2) is 0 Å². The zero-order chi connectivity index (χ0) is 13.1. The second kappa shape index (κ2) is 5.25. The highest BCUT2D eigenvalue weighted by molar-refractivity contribution is 6.44. The Labute approximate surface area is 114 Å². The van der Waals surface area contributed by atoms with E-state index >= 15 is 0 Å². The van der Waals surface area contributed by atoms with Crippen molar-refractivity contribution < 1.29 is 4.79 Å². The van der Waals surface area contributed by atoms with E-state index in [9.17, 15) is 4.79 Å². The van der Waals surface area contributed by atoms with Gasteiger partial charge in [-0.3, -0.25) is 9.78 Å². The number of amides is 1. The number of hydrogen-bond acceptors (Lipinski definition) is 3. The van der Waals surface area contributed by atoms with Crippen LogP contribution in [0.15, 0.2) is 36.7 Å². The lowest BCUT2D eigenvalue weighted by atomic mass is 10.2. The van der Waals surface area contributed by atoms with Crippen LogP contribution in [0.25, 0.3) is 0 Å². The number of nitrogen functional groups attached to an aromatic ring is 1. The number of nitrogens with one attached hydrogen (secondary N) is 1. The molecule has 18 heavy (non-hydrogen) atoms. The maximum Gasteiger partial charge on any atom is 0.257 e. The molecular weight excluding hydrogens is 273 g/mol. The minimum Gasteiger partial charge on any atom is -0.396 e. The van der Waals surface area contributed by atoms with Crippen LogP contribution in [-0.2, 0) is 0 Å². The van der Waals surface area contributed by atoms with Crippen molar-refractivity contribution in [3.63, 3.8) is 0 Å². The van der Waals surface area contributed by atoms with Crippen LogP contribution in [-0.4, -0.2) is 10.9 Å². The number of nitrogens with two attached hydrogens (primary N) is 1. The molecule has 0 aliphatic carbocycles. The van der Waals surface area contributed by atoms with Gasteiger partial charge in [-0.2, -0.15) is 0 Å². The van der Waals surface area contributed by atoms with Gasteiger partial charge in [-0.25, -0.2) is 0 Å². The van der Waals surface area contributed by atoms with Gasteiger partial charge in [0.25, 0.3) is 5.91 Å². The third-order valence-corrected chi connectivity index (χ3v) is 3.12. The summed E-state index contributed by atoms with van der Waals surface area (Å²) in [5.74, 6) is -0.375. The summed E-state index contributed by atoms with van der Waals surface area (Å²) in [6.45, 7) is 0. The molecule has 3 N–H and O–H groups in total. The Kier molecular flexibility index (Phi) is 3.69. The van der Waals surface area contributed by atoms with Crippen LogP contribution in [0.4, 0.5) is 11.4 Å². The summed E-state index contributed by atoms with van der Waals surface area (Å²) in [5.41, 5.74) is 6.83. The first-order valence-electron chi connectivity index (χ1n) is 5.04. The van der Waals surface area contributed by atoms with E-state index in [1.54, 1.807) is 24.3 Å². The molecule has 0 aliphatic heterocycles. The van der Waals surface area contributed by atoms with Crippen LogP contribution >= 0.6 is 23.2 Å². The number of carbonyl (C=O) groups is 1. The molecule has 4 nitrogen and oxygen atoms in total. The molecular formula is C12H9Cl2N3O. The van der Waals surface area contributed by atoms with Gasteiger partial charge in [0.1, 0.15) is 0 Å². The molecule has 0 radical (unpaired) electrons. The first kappa shape index (κ1) is 12.7. The van der Waals surface area contributed by atoms with E-state index in [-0.39, 0.29) is 10.9 Å². The molecule has 0 spiro atoms. The zero-order valence-corrected chi connectivity index (χ0v) is 10.7. The maximum absolute atomic E-state index is 12.0. The fraction of sp³-hybridized carbons (Fsp3) is 0. The van der Waals surface area contributed by atoms with Crippen LogP contribution in [0.5, 0.6) is 0 Å². The van der Waals surface area contributed by atoms with Gasteiger partial charge >= 0.3 is 0 Å². The van der Waals surface area contributed by atoms with Gasteiger partial charge in [-0.15, -0.1) is 0 Å². The lowest BCUT2D eigenvalue weighted by Crippen LogP contribution is -2.13. The summed E-state index contributed by atoms with van der Waals surface area (Å²) < 4.78 is 0. The molecule has 1 aromatic carbocycles. The largest absolute Gasteiger partial charge is 0.396 e. The van der Waals surface area contributed by atoms with E-state index in [1.807, 2.05) is 0 Å². The number of anilines is 2. The fourth-order valence-electron chi connectivity index (χ4n) is 1.39. The SMILES string of the molecule is Nc1cnccc1NC(=O)c1cccc(Cl)c1Cl. The van der Waals surface area contributed by atoms with Crippen LogP contribution in [0, 0.1) is 0 Å². The van der Waals surface area contributed by atoms with Crippen LogP contribution in [0.2, 0.25) is 10.0 Å². The number of halogens is 2. The molecule has 0 unspecified atom stereocenters. The normalized spacial score (nSPS) is 10.1. The number of aromatic nitrogens is 1. The summed E-state index contributed by atoms with van der Waals surface area (Å²) in [6, 6.07) is 6.45. The Morgan fingerprint density at radius 2 is 2.06 bits per heavy atom. The minimum absolute atomic E-state index is 0.212. The maximum atomic E-state index is 12.0. The summed E-state index contributed by atoms with van der Waals surface area (Å²) in [4.78, 5) is 15.8. The van der Waals surface area contributed by atoms with Crippen molar-refractivity contribution in [2.24, 2.45) is 0 Å². The molecule has 0 fully saturated rings. The summed E-state index contributed by atoms with van der Waals surface area (Å²) >= 11 is 11.8. The lowest BCUT2D eigenvalue weighted by Gasteiger charge is -2.09. The van der Waals surface area contributed by atoms with E-state index in [0.717, 1.165) is 0 Å². The topological polar surface area (TPSA) is 68.0 Å². The monoisotopic (exact) mass is 281 g/mol. The second-order valence-corrected chi connectivity index (χ2v) is 4.30. The highest BCUT2D eigenvalue weighted by atomic mass is 35.5. The van der Waals surface area contributed by atoms with Crippen molar-refractivity contribution in [3.05, 3.63) is 52.3 Å². The summed E-state index contributed by atoms with van der Waals surface area (Å²) in [5, 5.41) is 3.19. The molecule has 0 bridgehead atoms. The Hall–Kier alpha value is -1.78. The van der Waals surface area contributed by atoms with Crippen molar-refractivity contribution in [2.75, 3.05) is 11.1 Å². The Morgan fingerprint density at radius 1 is 1.28 bits per heavy atom. The average molecular weight is 282 g/mol. The van der Waals surface area contributed by atoms with Gasteiger partial charge in [0.05, 0.1) is 33.2 Å². The highest BCUT2D eigenvalue weighted by Crippen LogP contribution is 2.26. The van der Waals surface area contributed by atoms with Crippen LogP contribution in [0.3, 0.4) is 0 Å². The Morgan fingerprint density at radius 3 is 2.78 bits per heavy atom. The van der Waals surface area contributed by atoms with E-state index in [2.05, 4.69) is 10.3 Å². The minimum atomic E-state index is -0.375. The Balaban J connectivity index is 2.28. The van der Waals surface area contributed by atoms with Crippen LogP contribution < -0.4 is 11.1 Å². The van der Waals surface area contributed by atoms with Gasteiger partial charge in [-0.1, -0.05) is 29.3 Å². The first-order valence-corrected chi connectivity index (χ1v) is 5.80. The predicted molar refractivity (Wildman–Crippen MR) is 73.1 cm³/mol. The molecule has 0 aliphatic rings. The van der Waals surface area contributed by atoms with E-state index < -0.39 is 0 Å². The van der Waals surface area contributed by atoms with Crippen molar-refractivity contribution in [1.82, 2.24) is 4.98 Å². The standard InChI is InChI=1S/C12H9Cl2N3O/c13-8-3-1-2-7(11(8)14)12(18)17-10-4-5-16-6-9(10)15/h1-6H,15H2,(H,16,17,18). The van der Waals surface area contributed by atoms with Gasteiger partial charge < -0.3 is 11.1 Å². The molecule has 0 atom stereocenters. The molecule has 1 amide bonds. The van der Waals surface area contributed by atoms with E-state index in [4.69, 9.17) is 28.9 Å². The van der Waals surface area contributed by atoms with Crippen LogP contribution in [0.1, 0.15) is 10.4 Å². The molecule has 1 aromatic heterocycles. The molecule has 2 rings (SSSR count). The molecule has 2 aromatic rings. The van der Waals surface area contributed by atoms with Gasteiger partial charge in [0.2, 0.25) is 0 Å². The van der Waals surface area contributed by atoms with Gasteiger partial charge in [0, 0.05) is 6.20 Å². The fourth-order valence-corrected chi connectivity index (χ4v) is 1.78.